The molecular weight excluding hydrogens is 418 g/mol. The van der Waals surface area contributed by atoms with Crippen molar-refractivity contribution in [3.05, 3.63) is 78.1 Å². The molecule has 0 radical (unpaired) electrons. The van der Waals surface area contributed by atoms with Crippen LogP contribution in [-0.2, 0) is 11.3 Å². The Morgan fingerprint density at radius 2 is 1.70 bits per heavy atom. The van der Waals surface area contributed by atoms with Crippen molar-refractivity contribution in [2.45, 2.75) is 13.5 Å². The van der Waals surface area contributed by atoms with E-state index in [1.54, 1.807) is 30.3 Å². The molecule has 0 saturated carbocycles. The number of anilines is 2. The van der Waals surface area contributed by atoms with Crippen molar-refractivity contribution >= 4 is 23.3 Å². The van der Waals surface area contributed by atoms with Crippen LogP contribution in [0.2, 0.25) is 0 Å². The van der Waals surface area contributed by atoms with E-state index >= 15 is 0 Å². The van der Waals surface area contributed by atoms with Crippen molar-refractivity contribution in [3.8, 4) is 5.75 Å². The van der Waals surface area contributed by atoms with Gasteiger partial charge in [-0.25, -0.2) is 9.97 Å². The third kappa shape index (κ3) is 6.36. The Hall–Kier alpha value is -3.78. The van der Waals surface area contributed by atoms with E-state index < -0.39 is 0 Å². The lowest BCUT2D eigenvalue weighted by Crippen LogP contribution is -2.46. The normalized spacial score (nSPS) is 14.0. The Labute approximate surface area is 193 Å². The lowest BCUT2D eigenvalue weighted by Gasteiger charge is -2.35. The smallest absolute Gasteiger partial charge is 0.263 e. The molecule has 2 aromatic carbocycles. The van der Waals surface area contributed by atoms with Crippen molar-refractivity contribution in [2.24, 2.45) is 0 Å². The second-order valence-electron chi connectivity index (χ2n) is 7.93. The van der Waals surface area contributed by atoms with E-state index in [1.165, 1.54) is 18.8 Å². The van der Waals surface area contributed by atoms with Crippen molar-refractivity contribution in [3.63, 3.8) is 0 Å². The van der Waals surface area contributed by atoms with Crippen LogP contribution in [0.15, 0.2) is 67.0 Å². The molecule has 1 fully saturated rings. The molecule has 0 unspecified atom stereocenters. The van der Waals surface area contributed by atoms with Gasteiger partial charge >= 0.3 is 0 Å². The number of rotatable bonds is 8. The number of hydrogen-bond donors (Lipinski definition) is 1. The predicted octanol–water partition coefficient (Wildman–Crippen LogP) is 3.02. The summed E-state index contributed by atoms with van der Waals surface area (Å²) < 4.78 is 5.50. The Bertz CT molecular complexity index is 1080. The average Bonchev–Trinajstić information content (AvgIpc) is 2.84. The molecule has 1 aliphatic rings. The van der Waals surface area contributed by atoms with Crippen molar-refractivity contribution in [1.29, 1.82) is 0 Å². The summed E-state index contributed by atoms with van der Waals surface area (Å²) in [7, 11) is 0. The van der Waals surface area contributed by atoms with Crippen molar-refractivity contribution in [1.82, 2.24) is 14.9 Å². The fourth-order valence-electron chi connectivity index (χ4n) is 3.68. The van der Waals surface area contributed by atoms with Crippen LogP contribution in [0.5, 0.6) is 5.75 Å². The molecule has 1 N–H and O–H groups in total. The van der Waals surface area contributed by atoms with Crippen LogP contribution in [0.1, 0.15) is 22.8 Å². The molecule has 1 aromatic heterocycles. The Balaban J connectivity index is 1.26. The number of Topliss-reactive ketones (excluding diaryl/α,β-unsaturated/α-hetero) is 1. The minimum atomic E-state index is -0.317. The number of nitrogens with zero attached hydrogens (tertiary/aromatic N) is 4. The van der Waals surface area contributed by atoms with Gasteiger partial charge in [-0.15, -0.1) is 0 Å². The quantitative estimate of drug-likeness (QED) is 0.533. The summed E-state index contributed by atoms with van der Waals surface area (Å²) in [6.45, 7) is 5.89. The lowest BCUT2D eigenvalue weighted by atomic mass is 10.1. The van der Waals surface area contributed by atoms with E-state index in [-0.39, 0.29) is 18.3 Å². The number of hydrogen-bond acceptors (Lipinski definition) is 7. The van der Waals surface area contributed by atoms with Gasteiger partial charge in [-0.3, -0.25) is 14.5 Å². The maximum atomic E-state index is 12.3. The maximum absolute atomic E-state index is 12.3. The molecular formula is C25H27N5O3. The first kappa shape index (κ1) is 22.4. The molecule has 1 saturated heterocycles. The number of aromatic nitrogens is 2. The zero-order chi connectivity index (χ0) is 23.0. The minimum absolute atomic E-state index is 0.0172. The largest absolute Gasteiger partial charge is 0.484 e. The molecule has 2 heterocycles. The summed E-state index contributed by atoms with van der Waals surface area (Å²) in [6, 6.07) is 18.9. The third-order valence-corrected chi connectivity index (χ3v) is 5.50. The van der Waals surface area contributed by atoms with E-state index in [1.807, 2.05) is 6.07 Å². The zero-order valence-electron chi connectivity index (χ0n) is 18.6. The van der Waals surface area contributed by atoms with E-state index in [9.17, 15) is 9.59 Å². The van der Waals surface area contributed by atoms with Gasteiger partial charge in [0, 0.05) is 44.4 Å². The second-order valence-corrected chi connectivity index (χ2v) is 7.93. The molecule has 3 aromatic rings. The van der Waals surface area contributed by atoms with E-state index in [4.69, 9.17) is 4.74 Å². The first-order valence-corrected chi connectivity index (χ1v) is 10.9. The topological polar surface area (TPSA) is 87.7 Å². The lowest BCUT2D eigenvalue weighted by molar-refractivity contribution is -0.118. The number of carbonyl (C=O) groups is 2. The monoisotopic (exact) mass is 445 g/mol. The van der Waals surface area contributed by atoms with Gasteiger partial charge in [0.05, 0.1) is 0 Å². The van der Waals surface area contributed by atoms with Crippen molar-refractivity contribution < 1.29 is 14.3 Å². The maximum Gasteiger partial charge on any atom is 0.263 e. The number of nitrogens with one attached hydrogen (secondary N) is 1. The number of benzene rings is 2. The SMILES string of the molecule is CC(=O)c1ccc(OCC(=O)Nc2cc(N3CCN(Cc4ccccc4)CC3)ncn2)cc1. The molecule has 33 heavy (non-hydrogen) atoms. The average molecular weight is 446 g/mol. The molecule has 0 spiro atoms. The van der Waals surface area contributed by atoms with Gasteiger partial charge in [0.15, 0.2) is 12.4 Å². The van der Waals surface area contributed by atoms with Crippen LogP contribution in [0, 0.1) is 0 Å². The highest BCUT2D eigenvalue weighted by Crippen LogP contribution is 2.18. The molecule has 8 nitrogen and oxygen atoms in total. The Morgan fingerprint density at radius 3 is 2.39 bits per heavy atom. The number of ketones is 1. The highest BCUT2D eigenvalue weighted by molar-refractivity contribution is 5.94. The van der Waals surface area contributed by atoms with Crippen LogP contribution < -0.4 is 15.0 Å². The number of amides is 1. The van der Waals surface area contributed by atoms with Gasteiger partial charge in [-0.2, -0.15) is 0 Å². The highest BCUT2D eigenvalue weighted by atomic mass is 16.5. The first-order chi connectivity index (χ1) is 16.1. The summed E-state index contributed by atoms with van der Waals surface area (Å²) >= 11 is 0. The summed E-state index contributed by atoms with van der Waals surface area (Å²) in [5.41, 5.74) is 1.91. The predicted molar refractivity (Wildman–Crippen MR) is 127 cm³/mol. The summed E-state index contributed by atoms with van der Waals surface area (Å²) in [4.78, 5) is 36.8. The van der Waals surface area contributed by atoms with Crippen molar-refractivity contribution in [2.75, 3.05) is 43.0 Å². The Kier molecular flexibility index (Phi) is 7.26. The molecule has 0 aliphatic carbocycles. The molecule has 0 bridgehead atoms. The summed E-state index contributed by atoms with van der Waals surface area (Å²) in [6.07, 6.45) is 1.46. The van der Waals surface area contributed by atoms with Gasteiger partial charge in [0.1, 0.15) is 23.7 Å². The molecule has 8 heteroatoms. The van der Waals surface area contributed by atoms with Crippen LogP contribution in [-0.4, -0.2) is 59.3 Å². The molecule has 170 valence electrons. The molecule has 0 atom stereocenters. The van der Waals surface area contributed by atoms with Crippen LogP contribution in [0.3, 0.4) is 0 Å². The number of ether oxygens (including phenoxy) is 1. The third-order valence-electron chi connectivity index (χ3n) is 5.50. The van der Waals surface area contributed by atoms with E-state index in [2.05, 4.69) is 49.4 Å². The fraction of sp³-hybridized carbons (Fsp3) is 0.280. The minimum Gasteiger partial charge on any atom is -0.484 e. The van der Waals surface area contributed by atoms with Gasteiger partial charge in [0.25, 0.3) is 5.91 Å². The highest BCUT2D eigenvalue weighted by Gasteiger charge is 2.19. The van der Waals surface area contributed by atoms with Gasteiger partial charge in [0.2, 0.25) is 0 Å². The second kappa shape index (κ2) is 10.7. The molecule has 1 amide bonds. The van der Waals surface area contributed by atoms with E-state index in [0.717, 1.165) is 38.5 Å². The number of carbonyl (C=O) groups excluding carboxylic acids is 2. The van der Waals surface area contributed by atoms with E-state index in [0.29, 0.717) is 17.1 Å². The fourth-order valence-corrected chi connectivity index (χ4v) is 3.68. The molecule has 4 rings (SSSR count). The molecule has 1 aliphatic heterocycles. The van der Waals surface area contributed by atoms with Gasteiger partial charge < -0.3 is 15.0 Å². The standard InChI is InChI=1S/C25H27N5O3/c1-19(31)21-7-9-22(10-8-21)33-17-25(32)28-23-15-24(27-18-26-23)30-13-11-29(12-14-30)16-20-5-3-2-4-6-20/h2-10,15,18H,11-14,16-17H2,1H3,(H,26,27,28,32). The summed E-state index contributed by atoms with van der Waals surface area (Å²) in [5, 5.41) is 2.76. The van der Waals surface area contributed by atoms with Crippen LogP contribution in [0.4, 0.5) is 11.6 Å². The zero-order valence-corrected chi connectivity index (χ0v) is 18.6. The Morgan fingerprint density at radius 1 is 0.970 bits per heavy atom. The van der Waals surface area contributed by atoms with Gasteiger partial charge in [-0.05, 0) is 36.8 Å². The number of piperazine rings is 1. The van der Waals surface area contributed by atoms with Gasteiger partial charge in [-0.1, -0.05) is 30.3 Å². The first-order valence-electron chi connectivity index (χ1n) is 10.9. The van der Waals surface area contributed by atoms with Crippen LogP contribution >= 0.6 is 0 Å². The van der Waals surface area contributed by atoms with Crippen LogP contribution in [0.25, 0.3) is 0 Å². The summed E-state index contributed by atoms with van der Waals surface area (Å²) in [5.74, 6) is 1.42.